The maximum Gasteiger partial charge on any atom is 0.472 e. The van der Waals surface area contributed by atoms with Gasteiger partial charge in [-0.2, -0.15) is 0 Å². The van der Waals surface area contributed by atoms with Gasteiger partial charge in [0, 0.05) is 12.8 Å². The Balaban J connectivity index is 4.00. The minimum absolute atomic E-state index is 0.0180. The minimum atomic E-state index is -4.41. The van der Waals surface area contributed by atoms with Gasteiger partial charge >= 0.3 is 19.8 Å². The van der Waals surface area contributed by atoms with Crippen molar-refractivity contribution in [3.8, 4) is 0 Å². The van der Waals surface area contributed by atoms with E-state index in [-0.39, 0.29) is 32.0 Å². The molecule has 10 heteroatoms. The highest BCUT2D eigenvalue weighted by Gasteiger charge is 2.27. The van der Waals surface area contributed by atoms with Gasteiger partial charge in [-0.1, -0.05) is 265 Å². The molecule has 0 rings (SSSR count). The molecule has 0 radical (unpaired) electrons. The van der Waals surface area contributed by atoms with Gasteiger partial charge < -0.3 is 18.9 Å². The summed E-state index contributed by atoms with van der Waals surface area (Å²) in [4.78, 5) is 35.7. The van der Waals surface area contributed by atoms with E-state index in [1.165, 1.54) is 167 Å². The average molecular weight is 1110 g/mol. The van der Waals surface area contributed by atoms with E-state index in [0.717, 1.165) is 64.2 Å². The van der Waals surface area contributed by atoms with Gasteiger partial charge in [0.15, 0.2) is 6.10 Å². The van der Waals surface area contributed by atoms with Crippen molar-refractivity contribution < 1.29 is 42.1 Å². The summed E-state index contributed by atoms with van der Waals surface area (Å²) in [5.41, 5.74) is 0. The number of ether oxygens (including phenoxy) is 2. The Hall–Kier alpha value is -3.07. The lowest BCUT2D eigenvalue weighted by molar-refractivity contribution is -0.870. The Morgan fingerprint density at radius 1 is 0.410 bits per heavy atom. The maximum absolute atomic E-state index is 12.8. The summed E-state index contributed by atoms with van der Waals surface area (Å²) in [6.07, 6.45) is 81.0. The first kappa shape index (κ1) is 74.9. The number of phosphoric acid groups is 1. The summed E-state index contributed by atoms with van der Waals surface area (Å²) in [6.45, 7) is 4.25. The molecule has 0 amide bonds. The van der Waals surface area contributed by atoms with Crippen LogP contribution in [-0.4, -0.2) is 74.9 Å². The van der Waals surface area contributed by atoms with E-state index in [0.29, 0.717) is 23.9 Å². The third kappa shape index (κ3) is 62.1. The number of hydrogen-bond donors (Lipinski definition) is 1. The summed E-state index contributed by atoms with van der Waals surface area (Å²) in [5, 5.41) is 0. The second-order valence-corrected chi connectivity index (χ2v) is 23.9. The Morgan fingerprint density at radius 3 is 1.13 bits per heavy atom. The molecule has 0 heterocycles. The van der Waals surface area contributed by atoms with Crippen molar-refractivity contribution in [3.05, 3.63) is 97.2 Å². The van der Waals surface area contributed by atoms with Crippen molar-refractivity contribution in [2.75, 3.05) is 47.5 Å². The number of rotatable bonds is 58. The Bertz CT molecular complexity index is 1640. The summed E-state index contributed by atoms with van der Waals surface area (Å²) in [5.74, 6) is -0.863. The molecule has 0 aromatic rings. The number of carbonyl (C=O) groups is 2. The summed E-state index contributed by atoms with van der Waals surface area (Å²) in [7, 11) is 1.44. The molecule has 1 N–H and O–H groups in total. The molecule has 0 saturated heterocycles. The van der Waals surface area contributed by atoms with Crippen LogP contribution in [0.4, 0.5) is 0 Å². The van der Waals surface area contributed by atoms with Crippen LogP contribution in [0.5, 0.6) is 0 Å². The van der Waals surface area contributed by atoms with E-state index in [1.54, 1.807) is 0 Å². The van der Waals surface area contributed by atoms with Crippen LogP contribution in [0.1, 0.15) is 271 Å². The van der Waals surface area contributed by atoms with Crippen LogP contribution < -0.4 is 0 Å². The minimum Gasteiger partial charge on any atom is -0.462 e. The number of likely N-dealkylation sites (N-methyl/N-ethyl adjacent to an activating group) is 1. The van der Waals surface area contributed by atoms with Gasteiger partial charge in [0.25, 0.3) is 0 Å². The number of hydrogen-bond acceptors (Lipinski definition) is 7. The zero-order valence-electron chi connectivity index (χ0n) is 51.1. The van der Waals surface area contributed by atoms with Crippen LogP contribution in [0.2, 0.25) is 0 Å². The topological polar surface area (TPSA) is 108 Å². The van der Waals surface area contributed by atoms with E-state index in [1.807, 2.05) is 27.2 Å². The lowest BCUT2D eigenvalue weighted by atomic mass is 10.0. The standard InChI is InChI=1S/C68H120NO8P/c1-6-8-10-12-14-16-18-20-22-24-25-26-27-28-29-30-31-32-33-34-35-36-37-38-39-40-41-42-43-45-46-48-50-52-54-56-58-60-67(70)74-64-66(65-76-78(72,73)75-63-62-69(3,4)5)77-68(71)61-59-57-55-53-51-49-47-44-23-21-19-17-15-13-11-9-7-2/h9,11,15,17-18,20-21,23-25,27-28,47,49,53,55,66H,6-8,10,12-14,16,19,22,26,29-46,48,50-52,54,56-65H2,1-5H3/p+1/b11-9-,17-15-,20-18-,23-21-,25-24-,28-27-,49-47-,55-53-. The molecule has 2 atom stereocenters. The lowest BCUT2D eigenvalue weighted by Crippen LogP contribution is -2.37. The second-order valence-electron chi connectivity index (χ2n) is 22.4. The molecule has 0 bridgehead atoms. The SMILES string of the molecule is CC/C=C\C/C=C\C/C=C\C/C=C\C/C=C\CCCC(=O)OC(COC(=O)CCCCCCCCCCCCCCCCCCCCCCCC/C=C\C/C=C\C/C=C\CCCCCCC)COP(=O)(O)OCC[N+](C)(C)C. The summed E-state index contributed by atoms with van der Waals surface area (Å²) >= 11 is 0. The van der Waals surface area contributed by atoms with Crippen molar-refractivity contribution in [2.45, 2.75) is 277 Å². The predicted octanol–water partition coefficient (Wildman–Crippen LogP) is 20.4. The number of phosphoric ester groups is 1. The van der Waals surface area contributed by atoms with Crippen molar-refractivity contribution in [1.29, 1.82) is 0 Å². The molecule has 0 aromatic heterocycles. The average Bonchev–Trinajstić information content (AvgIpc) is 3.40. The molecular weight excluding hydrogens is 990 g/mol. The smallest absolute Gasteiger partial charge is 0.462 e. The zero-order chi connectivity index (χ0) is 57.0. The third-order valence-corrected chi connectivity index (χ3v) is 14.6. The summed E-state index contributed by atoms with van der Waals surface area (Å²) < 4.78 is 34.5. The zero-order valence-corrected chi connectivity index (χ0v) is 52.0. The van der Waals surface area contributed by atoms with Crippen LogP contribution in [0.25, 0.3) is 0 Å². The van der Waals surface area contributed by atoms with Gasteiger partial charge in [-0.15, -0.1) is 0 Å². The van der Waals surface area contributed by atoms with Crippen molar-refractivity contribution >= 4 is 19.8 Å². The molecule has 0 saturated carbocycles. The van der Waals surface area contributed by atoms with Crippen LogP contribution in [-0.2, 0) is 32.7 Å². The number of unbranched alkanes of at least 4 members (excludes halogenated alkanes) is 28. The van der Waals surface area contributed by atoms with Gasteiger partial charge in [-0.05, 0) is 89.9 Å². The number of carbonyl (C=O) groups excluding carboxylic acids is 2. The lowest BCUT2D eigenvalue weighted by Gasteiger charge is -2.24. The fraction of sp³-hybridized carbons (Fsp3) is 0.735. The molecule has 0 aliphatic heterocycles. The third-order valence-electron chi connectivity index (χ3n) is 13.6. The first-order chi connectivity index (χ1) is 38.0. The Kier molecular flexibility index (Phi) is 56.3. The molecule has 78 heavy (non-hydrogen) atoms. The van der Waals surface area contributed by atoms with Crippen LogP contribution in [0, 0.1) is 0 Å². The van der Waals surface area contributed by atoms with Gasteiger partial charge in [-0.3, -0.25) is 18.6 Å². The van der Waals surface area contributed by atoms with Gasteiger partial charge in [0.05, 0.1) is 27.7 Å². The number of quaternary nitrogens is 1. The van der Waals surface area contributed by atoms with Crippen LogP contribution in [0.3, 0.4) is 0 Å². The molecule has 0 spiro atoms. The first-order valence-corrected chi connectivity index (χ1v) is 33.5. The van der Waals surface area contributed by atoms with E-state index in [2.05, 4.69) is 105 Å². The predicted molar refractivity (Wildman–Crippen MR) is 335 cm³/mol. The first-order valence-electron chi connectivity index (χ1n) is 32.0. The number of nitrogens with zero attached hydrogens (tertiary/aromatic N) is 1. The van der Waals surface area contributed by atoms with Crippen molar-refractivity contribution in [2.24, 2.45) is 0 Å². The van der Waals surface area contributed by atoms with Gasteiger partial charge in [-0.25, -0.2) is 4.57 Å². The molecule has 450 valence electrons. The van der Waals surface area contributed by atoms with E-state index >= 15 is 0 Å². The van der Waals surface area contributed by atoms with E-state index in [9.17, 15) is 19.0 Å². The molecule has 0 aliphatic rings. The van der Waals surface area contributed by atoms with E-state index < -0.39 is 26.5 Å². The molecule has 0 aromatic carbocycles. The highest BCUT2D eigenvalue weighted by atomic mass is 31.2. The highest BCUT2D eigenvalue weighted by molar-refractivity contribution is 7.47. The Morgan fingerprint density at radius 2 is 0.744 bits per heavy atom. The van der Waals surface area contributed by atoms with Crippen LogP contribution >= 0.6 is 7.82 Å². The Labute approximate surface area is 481 Å². The van der Waals surface area contributed by atoms with E-state index in [4.69, 9.17) is 18.5 Å². The normalized spacial score (nSPS) is 13.9. The maximum atomic E-state index is 12.8. The molecular formula is C68H121NO8P+. The monoisotopic (exact) mass is 1110 g/mol. The van der Waals surface area contributed by atoms with Gasteiger partial charge in [0.2, 0.25) is 0 Å². The molecule has 2 unspecified atom stereocenters. The largest absolute Gasteiger partial charge is 0.472 e. The number of esters is 2. The van der Waals surface area contributed by atoms with Gasteiger partial charge in [0.1, 0.15) is 19.8 Å². The summed E-state index contributed by atoms with van der Waals surface area (Å²) in [6, 6.07) is 0. The van der Waals surface area contributed by atoms with Crippen LogP contribution in [0.15, 0.2) is 97.2 Å². The van der Waals surface area contributed by atoms with Crippen molar-refractivity contribution in [3.63, 3.8) is 0 Å². The molecule has 0 aliphatic carbocycles. The fourth-order valence-corrected chi connectivity index (χ4v) is 9.45. The second kappa shape index (κ2) is 58.6. The molecule has 0 fully saturated rings. The highest BCUT2D eigenvalue weighted by Crippen LogP contribution is 2.43. The molecule has 9 nitrogen and oxygen atoms in total. The van der Waals surface area contributed by atoms with Crippen molar-refractivity contribution in [1.82, 2.24) is 0 Å². The fourth-order valence-electron chi connectivity index (χ4n) is 8.71. The number of allylic oxidation sites excluding steroid dienone is 16. The quantitative estimate of drug-likeness (QED) is 0.0211.